The number of amides is 1. The largest absolute Gasteiger partial charge is 0.382 e. The van der Waals surface area contributed by atoms with Crippen LogP contribution in [0.4, 0.5) is 15.8 Å². The first-order valence-corrected chi connectivity index (χ1v) is 5.74. The first-order chi connectivity index (χ1) is 7.40. The average Bonchev–Trinajstić information content (AvgIpc) is 2.29. The summed E-state index contributed by atoms with van der Waals surface area (Å²) in [6, 6.07) is 2.94. The Bertz CT molecular complexity index is 460. The maximum atomic E-state index is 13.3. The predicted molar refractivity (Wildman–Crippen MR) is 65.0 cm³/mol. The maximum Gasteiger partial charge on any atom is 0.231 e. The summed E-state index contributed by atoms with van der Waals surface area (Å²) in [6.07, 6.45) is 0. The van der Waals surface area contributed by atoms with Crippen molar-refractivity contribution in [1.82, 2.24) is 0 Å². The Morgan fingerprint density at radius 1 is 1.38 bits per heavy atom. The number of halogens is 2. The maximum absolute atomic E-state index is 13.3. The molecule has 1 aliphatic heterocycles. The van der Waals surface area contributed by atoms with E-state index in [-0.39, 0.29) is 11.7 Å². The van der Waals surface area contributed by atoms with Crippen molar-refractivity contribution in [2.45, 2.75) is 13.8 Å². The van der Waals surface area contributed by atoms with Crippen LogP contribution in [0.2, 0.25) is 0 Å². The minimum atomic E-state index is -0.512. The van der Waals surface area contributed by atoms with Crippen LogP contribution in [0.15, 0.2) is 16.6 Å². The highest BCUT2D eigenvalue weighted by Gasteiger charge is 2.31. The third-order valence-electron chi connectivity index (χ3n) is 2.64. The fourth-order valence-electron chi connectivity index (χ4n) is 1.48. The van der Waals surface area contributed by atoms with Gasteiger partial charge in [-0.25, -0.2) is 4.39 Å². The van der Waals surface area contributed by atoms with Crippen LogP contribution in [0, 0.1) is 11.2 Å². The van der Waals surface area contributed by atoms with Gasteiger partial charge in [0.2, 0.25) is 5.91 Å². The summed E-state index contributed by atoms with van der Waals surface area (Å²) in [7, 11) is 0. The molecule has 3 nitrogen and oxygen atoms in total. The molecule has 16 heavy (non-hydrogen) atoms. The fourth-order valence-corrected chi connectivity index (χ4v) is 1.83. The lowest BCUT2D eigenvalue weighted by molar-refractivity contribution is -0.123. The quantitative estimate of drug-likeness (QED) is 0.770. The first kappa shape index (κ1) is 11.4. The molecular weight excluding hydrogens is 275 g/mol. The van der Waals surface area contributed by atoms with Gasteiger partial charge < -0.3 is 10.6 Å². The molecule has 0 aromatic heterocycles. The summed E-state index contributed by atoms with van der Waals surface area (Å²) in [6.45, 7) is 4.16. The average molecular weight is 287 g/mol. The van der Waals surface area contributed by atoms with Crippen molar-refractivity contribution in [2.75, 3.05) is 17.2 Å². The molecule has 0 saturated carbocycles. The van der Waals surface area contributed by atoms with Gasteiger partial charge in [0.1, 0.15) is 5.82 Å². The summed E-state index contributed by atoms with van der Waals surface area (Å²) >= 11 is 3.09. The van der Waals surface area contributed by atoms with Crippen LogP contribution in [-0.4, -0.2) is 12.5 Å². The van der Waals surface area contributed by atoms with Crippen molar-refractivity contribution < 1.29 is 9.18 Å². The van der Waals surface area contributed by atoms with E-state index in [4.69, 9.17) is 0 Å². The van der Waals surface area contributed by atoms with E-state index in [1.807, 2.05) is 13.8 Å². The number of carbonyl (C=O) groups is 1. The van der Waals surface area contributed by atoms with Crippen molar-refractivity contribution in [3.05, 3.63) is 22.4 Å². The van der Waals surface area contributed by atoms with Crippen LogP contribution in [0.25, 0.3) is 0 Å². The summed E-state index contributed by atoms with van der Waals surface area (Å²) in [5, 5.41) is 5.85. The molecule has 1 heterocycles. The molecule has 0 saturated heterocycles. The molecular formula is C11H12BrFN2O. The number of hydrogen-bond acceptors (Lipinski definition) is 2. The molecule has 0 unspecified atom stereocenters. The second-order valence-electron chi connectivity index (χ2n) is 4.50. The lowest BCUT2D eigenvalue weighted by atomic mass is 9.93. The smallest absolute Gasteiger partial charge is 0.231 e. The summed E-state index contributed by atoms with van der Waals surface area (Å²) in [5.74, 6) is -0.419. The van der Waals surface area contributed by atoms with Crippen molar-refractivity contribution in [3.8, 4) is 0 Å². The highest BCUT2D eigenvalue weighted by Crippen LogP contribution is 2.33. The standard InChI is InChI=1S/C11H12BrFN2O/c1-11(2)5-14-8-4-7(13)6(12)3-9(8)15-10(11)16/h3-4,14H,5H2,1-2H3,(H,15,16). The van der Waals surface area contributed by atoms with Crippen molar-refractivity contribution in [2.24, 2.45) is 5.41 Å². The van der Waals surface area contributed by atoms with Crippen LogP contribution >= 0.6 is 15.9 Å². The predicted octanol–water partition coefficient (Wildman–Crippen LogP) is 2.98. The topological polar surface area (TPSA) is 41.1 Å². The third-order valence-corrected chi connectivity index (χ3v) is 3.25. The van der Waals surface area contributed by atoms with Crippen LogP contribution in [0.3, 0.4) is 0 Å². The highest BCUT2D eigenvalue weighted by molar-refractivity contribution is 9.10. The first-order valence-electron chi connectivity index (χ1n) is 4.94. The number of fused-ring (bicyclic) bond motifs is 1. The van der Waals surface area contributed by atoms with E-state index in [9.17, 15) is 9.18 Å². The van der Waals surface area contributed by atoms with Gasteiger partial charge in [-0.3, -0.25) is 4.79 Å². The fraction of sp³-hybridized carbons (Fsp3) is 0.364. The van der Waals surface area contributed by atoms with E-state index in [1.54, 1.807) is 6.07 Å². The van der Waals surface area contributed by atoms with E-state index in [0.717, 1.165) is 0 Å². The molecule has 5 heteroatoms. The zero-order valence-corrected chi connectivity index (χ0v) is 10.6. The van der Waals surface area contributed by atoms with Crippen LogP contribution in [0.5, 0.6) is 0 Å². The lowest BCUT2D eigenvalue weighted by Gasteiger charge is -2.19. The Balaban J connectivity index is 2.45. The summed E-state index contributed by atoms with van der Waals surface area (Å²) < 4.78 is 13.7. The molecule has 1 aromatic rings. The zero-order valence-electron chi connectivity index (χ0n) is 9.03. The monoisotopic (exact) mass is 286 g/mol. The van der Waals surface area contributed by atoms with Gasteiger partial charge in [-0.2, -0.15) is 0 Å². The normalized spacial score (nSPS) is 18.1. The minimum Gasteiger partial charge on any atom is -0.382 e. The number of carbonyl (C=O) groups excluding carboxylic acids is 1. The van der Waals surface area contributed by atoms with Crippen LogP contribution in [0.1, 0.15) is 13.8 Å². The number of hydrogen-bond donors (Lipinski definition) is 2. The van der Waals surface area contributed by atoms with Gasteiger partial charge in [-0.15, -0.1) is 0 Å². The Morgan fingerprint density at radius 3 is 2.75 bits per heavy atom. The molecule has 0 fully saturated rings. The van der Waals surface area contributed by atoms with Crippen molar-refractivity contribution in [3.63, 3.8) is 0 Å². The van der Waals surface area contributed by atoms with E-state index in [1.165, 1.54) is 6.07 Å². The molecule has 2 rings (SSSR count). The van der Waals surface area contributed by atoms with Gasteiger partial charge in [0, 0.05) is 12.6 Å². The molecule has 0 spiro atoms. The zero-order chi connectivity index (χ0) is 11.9. The SMILES string of the molecule is CC1(C)CNc2cc(F)c(Br)cc2NC1=O. The molecule has 0 bridgehead atoms. The Hall–Kier alpha value is -1.10. The molecule has 1 aliphatic rings. The van der Waals surface area contributed by atoms with Crippen molar-refractivity contribution in [1.29, 1.82) is 0 Å². The van der Waals surface area contributed by atoms with Crippen LogP contribution in [-0.2, 0) is 4.79 Å². The molecule has 86 valence electrons. The molecule has 0 atom stereocenters. The molecule has 1 aromatic carbocycles. The molecule has 2 N–H and O–H groups in total. The summed E-state index contributed by atoms with van der Waals surface area (Å²) in [4.78, 5) is 11.8. The van der Waals surface area contributed by atoms with Gasteiger partial charge in [0.05, 0.1) is 21.3 Å². The van der Waals surface area contributed by atoms with Gasteiger partial charge >= 0.3 is 0 Å². The van der Waals surface area contributed by atoms with E-state index in [0.29, 0.717) is 22.4 Å². The lowest BCUT2D eigenvalue weighted by Crippen LogP contribution is -2.34. The van der Waals surface area contributed by atoms with Crippen molar-refractivity contribution >= 4 is 33.2 Å². The summed E-state index contributed by atoms with van der Waals surface area (Å²) in [5.41, 5.74) is 0.700. The molecule has 0 aliphatic carbocycles. The van der Waals surface area contributed by atoms with E-state index in [2.05, 4.69) is 26.6 Å². The van der Waals surface area contributed by atoms with E-state index < -0.39 is 5.41 Å². The third kappa shape index (κ3) is 1.91. The number of nitrogens with one attached hydrogen (secondary N) is 2. The van der Waals surface area contributed by atoms with Gasteiger partial charge in [-0.05, 0) is 35.8 Å². The van der Waals surface area contributed by atoms with E-state index >= 15 is 0 Å². The number of anilines is 2. The molecule has 1 amide bonds. The number of benzene rings is 1. The highest BCUT2D eigenvalue weighted by atomic mass is 79.9. The Kier molecular flexibility index (Phi) is 2.66. The minimum absolute atomic E-state index is 0.0720. The Morgan fingerprint density at radius 2 is 2.06 bits per heavy atom. The molecule has 0 radical (unpaired) electrons. The van der Waals surface area contributed by atoms with Crippen LogP contribution < -0.4 is 10.6 Å². The Labute approximate surface area is 102 Å². The van der Waals surface area contributed by atoms with Gasteiger partial charge in [0.25, 0.3) is 0 Å². The second-order valence-corrected chi connectivity index (χ2v) is 5.36. The van der Waals surface area contributed by atoms with Gasteiger partial charge in [0.15, 0.2) is 0 Å². The van der Waals surface area contributed by atoms with Gasteiger partial charge in [-0.1, -0.05) is 0 Å². The number of rotatable bonds is 0. The second kappa shape index (κ2) is 3.73.